The predicted octanol–water partition coefficient (Wildman–Crippen LogP) is 4.91. The van der Waals surface area contributed by atoms with Crippen LogP contribution in [0.15, 0.2) is 30.3 Å². The van der Waals surface area contributed by atoms with E-state index in [9.17, 15) is 14.7 Å². The maximum Gasteiger partial charge on any atom is 0.303 e. The third-order valence-electron chi connectivity index (χ3n) is 5.79. The Labute approximate surface area is 195 Å². The molecule has 7 heteroatoms. The highest BCUT2D eigenvalue weighted by Crippen LogP contribution is 2.46. The summed E-state index contributed by atoms with van der Waals surface area (Å²) in [7, 11) is 3.15. The average molecular weight is 456 g/mol. The van der Waals surface area contributed by atoms with Crippen LogP contribution in [0, 0.1) is 10.8 Å². The second-order valence-corrected chi connectivity index (χ2v) is 10.1. The largest absolute Gasteiger partial charge is 0.493 e. The molecule has 0 aromatic heterocycles. The number of carbonyl (C=O) groups excluding carboxylic acids is 1. The van der Waals surface area contributed by atoms with Crippen molar-refractivity contribution >= 4 is 11.9 Å². The zero-order valence-corrected chi connectivity index (χ0v) is 20.2. The van der Waals surface area contributed by atoms with Crippen LogP contribution in [-0.2, 0) is 11.3 Å². The highest BCUT2D eigenvalue weighted by molar-refractivity contribution is 5.99. The first-order chi connectivity index (χ1) is 15.5. The van der Waals surface area contributed by atoms with E-state index in [-0.39, 0.29) is 23.2 Å². The van der Waals surface area contributed by atoms with Gasteiger partial charge < -0.3 is 24.6 Å². The summed E-state index contributed by atoms with van der Waals surface area (Å²) in [4.78, 5) is 23.2. The van der Waals surface area contributed by atoms with E-state index in [4.69, 9.17) is 14.2 Å². The topological polar surface area (TPSA) is 94.1 Å². The van der Waals surface area contributed by atoms with Gasteiger partial charge >= 0.3 is 5.97 Å². The van der Waals surface area contributed by atoms with E-state index < -0.39 is 5.97 Å². The Hall–Kier alpha value is -3.22. The number of aliphatic carboxylic acids is 1. The van der Waals surface area contributed by atoms with Crippen LogP contribution in [0.1, 0.15) is 56.5 Å². The SMILES string of the molecule is COc1ccc(-c2ccc3c(c2)CNC3=O)c(OCC(C)(C)CC(C)(C)CC(=O)O)c1OC. The molecule has 0 fully saturated rings. The van der Waals surface area contributed by atoms with Crippen molar-refractivity contribution in [2.75, 3.05) is 20.8 Å². The summed E-state index contributed by atoms with van der Waals surface area (Å²) in [6, 6.07) is 9.47. The molecule has 0 aliphatic carbocycles. The lowest BCUT2D eigenvalue weighted by atomic mass is 9.74. The van der Waals surface area contributed by atoms with E-state index >= 15 is 0 Å². The average Bonchev–Trinajstić information content (AvgIpc) is 3.09. The fourth-order valence-corrected chi connectivity index (χ4v) is 4.75. The van der Waals surface area contributed by atoms with Crippen LogP contribution in [0.4, 0.5) is 0 Å². The highest BCUT2D eigenvalue weighted by Gasteiger charge is 2.32. The van der Waals surface area contributed by atoms with Crippen molar-refractivity contribution in [3.63, 3.8) is 0 Å². The molecule has 1 aliphatic heterocycles. The predicted molar refractivity (Wildman–Crippen MR) is 126 cm³/mol. The first-order valence-electron chi connectivity index (χ1n) is 11.0. The lowest BCUT2D eigenvalue weighted by Crippen LogP contribution is -2.30. The van der Waals surface area contributed by atoms with Gasteiger partial charge in [0.25, 0.3) is 5.91 Å². The Balaban J connectivity index is 1.95. The molecule has 0 atom stereocenters. The van der Waals surface area contributed by atoms with Crippen molar-refractivity contribution in [3.8, 4) is 28.4 Å². The lowest BCUT2D eigenvalue weighted by molar-refractivity contribution is -0.139. The number of carbonyl (C=O) groups is 2. The highest BCUT2D eigenvalue weighted by atomic mass is 16.5. The van der Waals surface area contributed by atoms with Crippen LogP contribution in [0.25, 0.3) is 11.1 Å². The smallest absolute Gasteiger partial charge is 0.303 e. The van der Waals surface area contributed by atoms with Gasteiger partial charge in [-0.2, -0.15) is 0 Å². The molecule has 2 N–H and O–H groups in total. The number of methoxy groups -OCH3 is 2. The molecule has 2 aromatic rings. The third-order valence-corrected chi connectivity index (χ3v) is 5.79. The Morgan fingerprint density at radius 2 is 1.70 bits per heavy atom. The summed E-state index contributed by atoms with van der Waals surface area (Å²) < 4.78 is 17.5. The minimum Gasteiger partial charge on any atom is -0.493 e. The van der Waals surface area contributed by atoms with Gasteiger partial charge in [-0.25, -0.2) is 0 Å². The second kappa shape index (κ2) is 9.33. The molecular formula is C26H33NO6. The van der Waals surface area contributed by atoms with E-state index in [0.717, 1.165) is 16.7 Å². The third kappa shape index (κ3) is 5.59. The molecule has 0 unspecified atom stereocenters. The number of rotatable bonds is 10. The molecule has 3 rings (SSSR count). The van der Waals surface area contributed by atoms with Crippen LogP contribution >= 0.6 is 0 Å². The van der Waals surface area contributed by atoms with Gasteiger partial charge in [-0.1, -0.05) is 33.8 Å². The molecular weight excluding hydrogens is 422 g/mol. The minimum absolute atomic E-state index is 0.0638. The molecule has 7 nitrogen and oxygen atoms in total. The van der Waals surface area contributed by atoms with Crippen molar-refractivity contribution in [3.05, 3.63) is 41.5 Å². The standard InChI is InChI=1S/C26H33NO6/c1-25(2,12-21(28)29)14-26(3,4)15-33-22-18(9-10-20(31-5)23(22)32-6)16-7-8-19-17(11-16)13-27-24(19)30/h7-11H,12-15H2,1-6H3,(H,27,30)(H,28,29). The maximum absolute atomic E-state index is 11.9. The minimum atomic E-state index is -0.807. The molecule has 0 radical (unpaired) electrons. The number of carboxylic acids is 1. The van der Waals surface area contributed by atoms with E-state index in [2.05, 4.69) is 19.2 Å². The Morgan fingerprint density at radius 1 is 1.00 bits per heavy atom. The summed E-state index contributed by atoms with van der Waals surface area (Å²) >= 11 is 0. The number of nitrogens with one attached hydrogen (secondary N) is 1. The van der Waals surface area contributed by atoms with Crippen LogP contribution in [0.2, 0.25) is 0 Å². The van der Waals surface area contributed by atoms with E-state index in [1.807, 2.05) is 44.2 Å². The van der Waals surface area contributed by atoms with E-state index in [0.29, 0.717) is 42.4 Å². The molecule has 1 amide bonds. The van der Waals surface area contributed by atoms with Gasteiger partial charge in [-0.3, -0.25) is 9.59 Å². The van der Waals surface area contributed by atoms with Crippen molar-refractivity contribution in [1.29, 1.82) is 0 Å². The molecule has 2 aromatic carbocycles. The van der Waals surface area contributed by atoms with E-state index in [1.165, 1.54) is 0 Å². The molecule has 178 valence electrons. The van der Waals surface area contributed by atoms with Gasteiger partial charge in [0.1, 0.15) is 0 Å². The quantitative estimate of drug-likeness (QED) is 0.529. The Bertz CT molecular complexity index is 1060. The lowest BCUT2D eigenvalue weighted by Gasteiger charge is -2.34. The molecule has 0 saturated carbocycles. The molecule has 1 heterocycles. The fraction of sp³-hybridized carbons (Fsp3) is 0.462. The maximum atomic E-state index is 11.9. The molecule has 1 aliphatic rings. The van der Waals surface area contributed by atoms with Crippen molar-refractivity contribution in [2.45, 2.75) is 47.1 Å². The summed E-state index contributed by atoms with van der Waals surface area (Å²) in [5.41, 5.74) is 2.69. The van der Waals surface area contributed by atoms with Gasteiger partial charge in [0.15, 0.2) is 11.5 Å². The number of hydrogen-bond acceptors (Lipinski definition) is 5. The zero-order chi connectivity index (χ0) is 24.4. The first kappa shape index (κ1) is 24.4. The van der Waals surface area contributed by atoms with Crippen LogP contribution in [-0.4, -0.2) is 37.8 Å². The van der Waals surface area contributed by atoms with E-state index in [1.54, 1.807) is 14.2 Å². The summed E-state index contributed by atoms with van der Waals surface area (Å²) in [5, 5.41) is 12.1. The number of hydrogen-bond donors (Lipinski definition) is 2. The van der Waals surface area contributed by atoms with Gasteiger partial charge in [-0.05, 0) is 52.6 Å². The number of benzene rings is 2. The molecule has 0 bridgehead atoms. The Morgan fingerprint density at radius 3 is 2.33 bits per heavy atom. The van der Waals surface area contributed by atoms with Crippen molar-refractivity contribution < 1.29 is 28.9 Å². The van der Waals surface area contributed by atoms with Crippen LogP contribution < -0.4 is 19.5 Å². The van der Waals surface area contributed by atoms with Crippen LogP contribution in [0.3, 0.4) is 0 Å². The number of ether oxygens (including phenoxy) is 3. The number of carboxylic acid groups (broad SMARTS) is 1. The summed E-state index contributed by atoms with van der Waals surface area (Å²) in [6.07, 6.45) is 0.757. The summed E-state index contributed by atoms with van der Waals surface area (Å²) in [5.74, 6) is 0.728. The molecule has 0 saturated heterocycles. The van der Waals surface area contributed by atoms with Crippen molar-refractivity contribution in [1.82, 2.24) is 5.32 Å². The number of fused-ring (bicyclic) bond motifs is 1. The molecule has 33 heavy (non-hydrogen) atoms. The summed E-state index contributed by atoms with van der Waals surface area (Å²) in [6.45, 7) is 8.90. The number of amides is 1. The fourth-order valence-electron chi connectivity index (χ4n) is 4.75. The van der Waals surface area contributed by atoms with Gasteiger partial charge in [0.05, 0.1) is 27.2 Å². The van der Waals surface area contributed by atoms with Gasteiger partial charge in [0, 0.05) is 17.7 Å². The first-order valence-corrected chi connectivity index (χ1v) is 11.0. The normalized spacial score (nSPS) is 13.3. The molecule has 0 spiro atoms. The second-order valence-electron chi connectivity index (χ2n) is 10.1. The monoisotopic (exact) mass is 455 g/mol. The van der Waals surface area contributed by atoms with Crippen LogP contribution in [0.5, 0.6) is 17.2 Å². The van der Waals surface area contributed by atoms with Gasteiger partial charge in [-0.15, -0.1) is 0 Å². The van der Waals surface area contributed by atoms with Gasteiger partial charge in [0.2, 0.25) is 5.75 Å². The van der Waals surface area contributed by atoms with Crippen molar-refractivity contribution in [2.24, 2.45) is 10.8 Å². The Kier molecular flexibility index (Phi) is 6.91. The zero-order valence-electron chi connectivity index (χ0n) is 20.2.